The molecule has 0 spiro atoms. The van der Waals surface area contributed by atoms with Crippen molar-refractivity contribution in [1.82, 2.24) is 4.98 Å². The number of hydrogen-bond donors (Lipinski definition) is 0. The Morgan fingerprint density at radius 2 is 2.12 bits per heavy atom. The molecule has 1 aromatic heterocycles. The molecule has 0 aliphatic carbocycles. The van der Waals surface area contributed by atoms with E-state index in [0.29, 0.717) is 6.54 Å². The second-order valence-corrected chi connectivity index (χ2v) is 3.65. The summed E-state index contributed by atoms with van der Waals surface area (Å²) in [5.41, 5.74) is 1.48. The van der Waals surface area contributed by atoms with Crippen molar-refractivity contribution >= 4 is 11.9 Å². The minimum atomic E-state index is 0.0804. The maximum atomic E-state index is 11.9. The van der Waals surface area contributed by atoms with E-state index in [9.17, 15) is 4.79 Å². The van der Waals surface area contributed by atoms with Crippen LogP contribution in [-0.2, 0) is 6.54 Å². The molecule has 17 heavy (non-hydrogen) atoms. The molecular formula is C14H13N2O+. The standard InChI is InChI=1S/C14H13N2O/c1-2-13-10-16(9-8-15-13)11-14(17)12-6-4-3-5-7-12/h2-10H,1,11H2/q+1. The van der Waals surface area contributed by atoms with Crippen LogP contribution in [0.4, 0.5) is 0 Å². The lowest BCUT2D eigenvalue weighted by Gasteiger charge is -1.98. The van der Waals surface area contributed by atoms with Crippen LogP contribution in [0.1, 0.15) is 16.1 Å². The van der Waals surface area contributed by atoms with Gasteiger partial charge in [0.1, 0.15) is 5.69 Å². The minimum Gasteiger partial charge on any atom is -0.287 e. The van der Waals surface area contributed by atoms with E-state index >= 15 is 0 Å². The summed E-state index contributed by atoms with van der Waals surface area (Å²) in [6.45, 7) is 3.96. The molecule has 0 aliphatic rings. The van der Waals surface area contributed by atoms with Crippen LogP contribution in [0.2, 0.25) is 0 Å². The smallest absolute Gasteiger partial charge is 0.227 e. The Morgan fingerprint density at radius 1 is 1.35 bits per heavy atom. The second kappa shape index (κ2) is 5.16. The molecule has 2 rings (SSSR count). The highest BCUT2D eigenvalue weighted by Gasteiger charge is 2.11. The zero-order valence-corrected chi connectivity index (χ0v) is 9.41. The summed E-state index contributed by atoms with van der Waals surface area (Å²) in [5.74, 6) is 0.0804. The number of Topliss-reactive ketones (excluding diaryl/α,β-unsaturated/α-hetero) is 1. The predicted octanol–water partition coefficient (Wildman–Crippen LogP) is 1.90. The molecule has 3 heteroatoms. The third-order valence-electron chi connectivity index (χ3n) is 2.41. The van der Waals surface area contributed by atoms with Gasteiger partial charge in [0.2, 0.25) is 12.3 Å². The largest absolute Gasteiger partial charge is 0.287 e. The minimum absolute atomic E-state index is 0.0804. The van der Waals surface area contributed by atoms with Crippen LogP contribution in [0.15, 0.2) is 55.5 Å². The fraction of sp³-hybridized carbons (Fsp3) is 0.0714. The molecule has 0 saturated carbocycles. The SMILES string of the molecule is C=Cc1c[n+](CC(=O)c2ccccc2)ccn1. The van der Waals surface area contributed by atoms with Crippen LogP contribution >= 0.6 is 0 Å². The molecule has 0 saturated heterocycles. The summed E-state index contributed by atoms with van der Waals surface area (Å²) in [6, 6.07) is 9.25. The van der Waals surface area contributed by atoms with E-state index in [-0.39, 0.29) is 5.78 Å². The first kappa shape index (κ1) is 11.2. The van der Waals surface area contributed by atoms with Gasteiger partial charge in [0.25, 0.3) is 0 Å². The average molecular weight is 225 g/mol. The molecule has 1 heterocycles. The monoisotopic (exact) mass is 225 g/mol. The van der Waals surface area contributed by atoms with Crippen molar-refractivity contribution in [2.75, 3.05) is 0 Å². The second-order valence-electron chi connectivity index (χ2n) is 3.65. The van der Waals surface area contributed by atoms with Gasteiger partial charge in [-0.3, -0.25) is 4.79 Å². The molecule has 0 radical (unpaired) electrons. The first-order valence-corrected chi connectivity index (χ1v) is 5.35. The Balaban J connectivity index is 2.16. The van der Waals surface area contributed by atoms with Gasteiger partial charge in [-0.15, -0.1) is 0 Å². The molecule has 3 nitrogen and oxygen atoms in total. The molecule has 0 aliphatic heterocycles. The summed E-state index contributed by atoms with van der Waals surface area (Å²) in [4.78, 5) is 16.0. The van der Waals surface area contributed by atoms with E-state index in [1.807, 2.05) is 30.3 Å². The maximum absolute atomic E-state index is 11.9. The molecule has 0 N–H and O–H groups in total. The fourth-order valence-electron chi connectivity index (χ4n) is 1.54. The van der Waals surface area contributed by atoms with E-state index < -0.39 is 0 Å². The van der Waals surface area contributed by atoms with Crippen molar-refractivity contribution in [2.24, 2.45) is 0 Å². The maximum Gasteiger partial charge on any atom is 0.227 e. The van der Waals surface area contributed by atoms with Gasteiger partial charge in [0.05, 0.1) is 6.20 Å². The van der Waals surface area contributed by atoms with Gasteiger partial charge < -0.3 is 0 Å². The number of rotatable bonds is 4. The third-order valence-corrected chi connectivity index (χ3v) is 2.41. The quantitative estimate of drug-likeness (QED) is 0.588. The number of nitrogens with zero attached hydrogens (tertiary/aromatic N) is 2. The number of benzene rings is 1. The van der Waals surface area contributed by atoms with Crippen molar-refractivity contribution in [1.29, 1.82) is 0 Å². The Hall–Kier alpha value is -2.29. The van der Waals surface area contributed by atoms with E-state index in [0.717, 1.165) is 11.3 Å². The Morgan fingerprint density at radius 3 is 2.82 bits per heavy atom. The molecule has 0 fully saturated rings. The van der Waals surface area contributed by atoms with Gasteiger partial charge in [-0.25, -0.2) is 4.98 Å². The van der Waals surface area contributed by atoms with Crippen LogP contribution in [0.3, 0.4) is 0 Å². The fourth-order valence-corrected chi connectivity index (χ4v) is 1.54. The Bertz CT molecular complexity index is 535. The number of carbonyl (C=O) groups is 1. The lowest BCUT2D eigenvalue weighted by atomic mass is 10.1. The van der Waals surface area contributed by atoms with Crippen LogP contribution in [0.25, 0.3) is 6.08 Å². The number of carbonyl (C=O) groups excluding carboxylic acids is 1. The Kier molecular flexibility index (Phi) is 3.40. The molecule has 1 aromatic carbocycles. The highest BCUT2D eigenvalue weighted by Crippen LogP contribution is 2.00. The lowest BCUT2D eigenvalue weighted by Crippen LogP contribution is -2.37. The first-order chi connectivity index (χ1) is 8.29. The van der Waals surface area contributed by atoms with Gasteiger partial charge in [-0.05, 0) is 6.08 Å². The number of ketones is 1. The van der Waals surface area contributed by atoms with Crippen molar-refractivity contribution in [3.8, 4) is 0 Å². The zero-order valence-electron chi connectivity index (χ0n) is 9.41. The summed E-state index contributed by atoms with van der Waals surface area (Å²) < 4.78 is 1.80. The van der Waals surface area contributed by atoms with Gasteiger partial charge in [-0.1, -0.05) is 36.9 Å². The predicted molar refractivity (Wildman–Crippen MR) is 65.3 cm³/mol. The topological polar surface area (TPSA) is 33.8 Å². The summed E-state index contributed by atoms with van der Waals surface area (Å²) in [6.07, 6.45) is 6.89. The van der Waals surface area contributed by atoms with Crippen molar-refractivity contribution in [3.63, 3.8) is 0 Å². The first-order valence-electron chi connectivity index (χ1n) is 5.35. The number of hydrogen-bond acceptors (Lipinski definition) is 2. The van der Waals surface area contributed by atoms with Gasteiger partial charge >= 0.3 is 0 Å². The van der Waals surface area contributed by atoms with E-state index in [4.69, 9.17) is 0 Å². The summed E-state index contributed by atoms with van der Waals surface area (Å²) in [5, 5.41) is 0. The third kappa shape index (κ3) is 2.84. The summed E-state index contributed by atoms with van der Waals surface area (Å²) >= 11 is 0. The van der Waals surface area contributed by atoms with Crippen molar-refractivity contribution in [2.45, 2.75) is 6.54 Å². The van der Waals surface area contributed by atoms with Crippen LogP contribution < -0.4 is 4.57 Å². The van der Waals surface area contributed by atoms with E-state index in [2.05, 4.69) is 11.6 Å². The zero-order chi connectivity index (χ0) is 12.1. The highest BCUT2D eigenvalue weighted by atomic mass is 16.1. The van der Waals surface area contributed by atoms with Crippen molar-refractivity contribution < 1.29 is 9.36 Å². The average Bonchev–Trinajstić information content (AvgIpc) is 2.40. The van der Waals surface area contributed by atoms with Gasteiger partial charge in [0.15, 0.2) is 12.4 Å². The molecule has 0 bridgehead atoms. The normalized spacial score (nSPS) is 9.88. The van der Waals surface area contributed by atoms with Gasteiger partial charge in [0, 0.05) is 5.56 Å². The van der Waals surface area contributed by atoms with Crippen LogP contribution in [0.5, 0.6) is 0 Å². The lowest BCUT2D eigenvalue weighted by molar-refractivity contribution is -0.683. The molecule has 0 amide bonds. The Labute approximate surface area is 100 Å². The van der Waals surface area contributed by atoms with Crippen molar-refractivity contribution in [3.05, 3.63) is 66.8 Å². The molecule has 2 aromatic rings. The van der Waals surface area contributed by atoms with Crippen LogP contribution in [-0.4, -0.2) is 10.8 Å². The molecule has 0 unspecified atom stereocenters. The van der Waals surface area contributed by atoms with E-state index in [1.54, 1.807) is 29.2 Å². The van der Waals surface area contributed by atoms with Gasteiger partial charge in [-0.2, -0.15) is 4.57 Å². The molecular weight excluding hydrogens is 212 g/mol. The highest BCUT2D eigenvalue weighted by molar-refractivity contribution is 5.94. The van der Waals surface area contributed by atoms with Crippen LogP contribution in [0, 0.1) is 0 Å². The number of aromatic nitrogens is 2. The summed E-state index contributed by atoms with van der Waals surface area (Å²) in [7, 11) is 0. The van der Waals surface area contributed by atoms with E-state index in [1.165, 1.54) is 0 Å². The molecule has 0 atom stereocenters. The molecule has 84 valence electrons.